The minimum absolute atomic E-state index is 0.0168. The minimum Gasteiger partial charge on any atom is -0.360 e. The van der Waals surface area contributed by atoms with Gasteiger partial charge in [-0.25, -0.2) is 4.98 Å². The standard InChI is InChI=1S/C23H14BrN5O4.C2H6/c24-15-5-10-20-18(11-15)19(12-25-20)23-26-21(13-1-6-16(7-2-13)28(30)31)22(27-23)14-3-8-17(9-4-14)29(32)33;1-2/h1-12,25H,(H,26,27);1-2H3. The minimum atomic E-state index is -0.458. The molecule has 9 nitrogen and oxygen atoms in total. The molecule has 2 aromatic heterocycles. The van der Waals surface area contributed by atoms with Gasteiger partial charge < -0.3 is 9.97 Å². The first kappa shape index (κ1) is 23.8. The van der Waals surface area contributed by atoms with Crippen LogP contribution >= 0.6 is 15.9 Å². The Labute approximate surface area is 208 Å². The topological polar surface area (TPSA) is 131 Å². The lowest BCUT2D eigenvalue weighted by Gasteiger charge is -2.03. The van der Waals surface area contributed by atoms with Gasteiger partial charge in [0.1, 0.15) is 5.82 Å². The molecule has 0 bridgehead atoms. The Morgan fingerprint density at radius 1 is 0.829 bits per heavy atom. The highest BCUT2D eigenvalue weighted by Crippen LogP contribution is 2.36. The molecule has 2 heterocycles. The van der Waals surface area contributed by atoms with E-state index in [0.29, 0.717) is 28.3 Å². The summed E-state index contributed by atoms with van der Waals surface area (Å²) in [7, 11) is 0. The molecule has 0 aliphatic heterocycles. The van der Waals surface area contributed by atoms with E-state index in [4.69, 9.17) is 4.98 Å². The van der Waals surface area contributed by atoms with E-state index in [-0.39, 0.29) is 11.4 Å². The molecule has 0 amide bonds. The van der Waals surface area contributed by atoms with Crippen LogP contribution in [0.1, 0.15) is 13.8 Å². The second-order valence-corrected chi connectivity index (χ2v) is 8.22. The number of imidazole rings is 1. The number of nitro benzene ring substituents is 2. The number of nitro groups is 2. The molecule has 5 rings (SSSR count). The van der Waals surface area contributed by atoms with E-state index in [1.165, 1.54) is 24.3 Å². The molecule has 10 heteroatoms. The summed E-state index contributed by atoms with van der Waals surface area (Å²) >= 11 is 3.50. The zero-order valence-electron chi connectivity index (χ0n) is 18.8. The van der Waals surface area contributed by atoms with E-state index in [0.717, 1.165) is 20.9 Å². The average Bonchev–Trinajstić information content (AvgIpc) is 3.49. The maximum atomic E-state index is 11.1. The van der Waals surface area contributed by atoms with Crippen molar-refractivity contribution in [1.29, 1.82) is 0 Å². The van der Waals surface area contributed by atoms with Gasteiger partial charge in [0.2, 0.25) is 0 Å². The van der Waals surface area contributed by atoms with Gasteiger partial charge in [-0.3, -0.25) is 20.2 Å². The second kappa shape index (κ2) is 9.90. The number of fused-ring (bicyclic) bond motifs is 1. The molecule has 0 aliphatic rings. The van der Waals surface area contributed by atoms with Crippen LogP contribution < -0.4 is 0 Å². The van der Waals surface area contributed by atoms with Crippen LogP contribution in [0.25, 0.3) is 44.8 Å². The number of nitrogens with one attached hydrogen (secondary N) is 2. The number of aromatic amines is 2. The number of hydrogen-bond donors (Lipinski definition) is 2. The third kappa shape index (κ3) is 4.69. The number of halogens is 1. The van der Waals surface area contributed by atoms with Gasteiger partial charge >= 0.3 is 0 Å². The zero-order valence-corrected chi connectivity index (χ0v) is 20.4. The number of H-pyrrole nitrogens is 2. The Balaban J connectivity index is 0.00000141. The first-order chi connectivity index (χ1) is 16.9. The number of aromatic nitrogens is 3. The molecule has 5 aromatic rings. The molecule has 3 aromatic carbocycles. The first-order valence-corrected chi connectivity index (χ1v) is 11.6. The van der Waals surface area contributed by atoms with Crippen LogP contribution in [0.15, 0.2) is 77.4 Å². The molecule has 35 heavy (non-hydrogen) atoms. The van der Waals surface area contributed by atoms with E-state index in [1.54, 1.807) is 24.3 Å². The zero-order chi connectivity index (χ0) is 25.1. The Bertz CT molecular complexity index is 1450. The van der Waals surface area contributed by atoms with Gasteiger partial charge in [0.25, 0.3) is 11.4 Å². The van der Waals surface area contributed by atoms with Crippen molar-refractivity contribution < 1.29 is 9.85 Å². The fraction of sp³-hybridized carbons (Fsp3) is 0.0800. The summed E-state index contributed by atoms with van der Waals surface area (Å²) in [5, 5.41) is 23.1. The van der Waals surface area contributed by atoms with Crippen LogP contribution in [-0.4, -0.2) is 24.8 Å². The second-order valence-electron chi connectivity index (χ2n) is 7.31. The van der Waals surface area contributed by atoms with Crippen LogP contribution in [0.5, 0.6) is 0 Å². The third-order valence-corrected chi connectivity index (χ3v) is 5.81. The fourth-order valence-corrected chi connectivity index (χ4v) is 4.06. The number of nitrogens with zero attached hydrogens (tertiary/aromatic N) is 3. The molecular weight excluding hydrogens is 514 g/mol. The lowest BCUT2D eigenvalue weighted by Crippen LogP contribution is -1.89. The van der Waals surface area contributed by atoms with Crippen molar-refractivity contribution in [3.63, 3.8) is 0 Å². The predicted octanol–water partition coefficient (Wildman–Crippen LogP) is 7.50. The summed E-state index contributed by atoms with van der Waals surface area (Å²) in [5.41, 5.74) is 4.37. The Hall–Kier alpha value is -4.31. The summed E-state index contributed by atoms with van der Waals surface area (Å²) in [4.78, 5) is 32.6. The summed E-state index contributed by atoms with van der Waals surface area (Å²) in [5.74, 6) is 0.598. The third-order valence-electron chi connectivity index (χ3n) is 5.32. The van der Waals surface area contributed by atoms with Crippen LogP contribution in [-0.2, 0) is 0 Å². The molecule has 0 aliphatic carbocycles. The summed E-state index contributed by atoms with van der Waals surface area (Å²) in [6.45, 7) is 4.00. The van der Waals surface area contributed by atoms with Gasteiger partial charge in [0, 0.05) is 62.5 Å². The van der Waals surface area contributed by atoms with Crippen molar-refractivity contribution in [2.45, 2.75) is 13.8 Å². The molecule has 2 N–H and O–H groups in total. The highest BCUT2D eigenvalue weighted by molar-refractivity contribution is 9.10. The molecule has 0 saturated heterocycles. The highest BCUT2D eigenvalue weighted by atomic mass is 79.9. The predicted molar refractivity (Wildman–Crippen MR) is 139 cm³/mol. The molecule has 0 fully saturated rings. The maximum absolute atomic E-state index is 11.1. The van der Waals surface area contributed by atoms with Crippen molar-refractivity contribution in [3.05, 3.63) is 97.6 Å². The van der Waals surface area contributed by atoms with E-state index in [2.05, 4.69) is 25.9 Å². The van der Waals surface area contributed by atoms with Crippen LogP contribution in [0, 0.1) is 20.2 Å². The number of rotatable bonds is 5. The molecule has 0 spiro atoms. The normalized spacial score (nSPS) is 10.6. The van der Waals surface area contributed by atoms with Gasteiger partial charge in [-0.05, 0) is 42.5 Å². The molecule has 0 unspecified atom stereocenters. The van der Waals surface area contributed by atoms with E-state index < -0.39 is 9.85 Å². The van der Waals surface area contributed by atoms with Crippen molar-refractivity contribution in [2.24, 2.45) is 0 Å². The highest BCUT2D eigenvalue weighted by Gasteiger charge is 2.19. The smallest absolute Gasteiger partial charge is 0.269 e. The fourth-order valence-electron chi connectivity index (χ4n) is 3.70. The number of non-ortho nitro benzene ring substituents is 2. The van der Waals surface area contributed by atoms with Crippen LogP contribution in [0.4, 0.5) is 11.4 Å². The average molecular weight is 534 g/mol. The van der Waals surface area contributed by atoms with Crippen molar-refractivity contribution in [1.82, 2.24) is 15.0 Å². The quantitative estimate of drug-likeness (QED) is 0.178. The number of benzene rings is 3. The Morgan fingerprint density at radius 3 is 1.97 bits per heavy atom. The lowest BCUT2D eigenvalue weighted by molar-refractivity contribution is -0.385. The van der Waals surface area contributed by atoms with E-state index >= 15 is 0 Å². The molecule has 0 atom stereocenters. The molecule has 0 radical (unpaired) electrons. The van der Waals surface area contributed by atoms with Gasteiger partial charge in [-0.15, -0.1) is 0 Å². The first-order valence-electron chi connectivity index (χ1n) is 10.8. The molecule has 0 saturated carbocycles. The SMILES string of the molecule is CC.O=[N+]([O-])c1ccc(-c2nc(-c3c[nH]c4ccc(Br)cc34)[nH]c2-c2ccc([N+](=O)[O-])cc2)cc1. The Kier molecular flexibility index (Phi) is 6.74. The molecular formula is C25H20BrN5O4. The lowest BCUT2D eigenvalue weighted by atomic mass is 10.0. The summed E-state index contributed by atoms with van der Waals surface area (Å²) in [6, 6.07) is 18.2. The van der Waals surface area contributed by atoms with E-state index in [1.807, 2.05) is 38.2 Å². The van der Waals surface area contributed by atoms with Crippen LogP contribution in [0.2, 0.25) is 0 Å². The largest absolute Gasteiger partial charge is 0.360 e. The number of hydrogen-bond acceptors (Lipinski definition) is 5. The summed E-state index contributed by atoms with van der Waals surface area (Å²) < 4.78 is 0.925. The van der Waals surface area contributed by atoms with Crippen molar-refractivity contribution in [2.75, 3.05) is 0 Å². The van der Waals surface area contributed by atoms with Crippen LogP contribution in [0.3, 0.4) is 0 Å². The van der Waals surface area contributed by atoms with Crippen molar-refractivity contribution in [3.8, 4) is 33.9 Å². The van der Waals surface area contributed by atoms with Gasteiger partial charge in [0.15, 0.2) is 0 Å². The Morgan fingerprint density at radius 2 is 1.40 bits per heavy atom. The van der Waals surface area contributed by atoms with Crippen molar-refractivity contribution >= 4 is 38.2 Å². The van der Waals surface area contributed by atoms with Gasteiger partial charge in [-0.1, -0.05) is 29.8 Å². The monoisotopic (exact) mass is 533 g/mol. The van der Waals surface area contributed by atoms with E-state index in [9.17, 15) is 20.2 Å². The molecule has 176 valence electrons. The van der Waals surface area contributed by atoms with Gasteiger partial charge in [0.05, 0.1) is 21.2 Å². The maximum Gasteiger partial charge on any atom is 0.269 e. The van der Waals surface area contributed by atoms with Gasteiger partial charge in [-0.2, -0.15) is 0 Å². The summed E-state index contributed by atoms with van der Waals surface area (Å²) in [6.07, 6.45) is 1.86.